The number of carbonyl (C=O) groups is 2. The number of carbonyl (C=O) groups excluding carboxylic acids is 2. The third kappa shape index (κ3) is 4.32. The molecule has 2 aliphatic carbocycles. The van der Waals surface area contributed by atoms with Crippen molar-refractivity contribution in [2.45, 2.75) is 61.9 Å². The molecule has 2 N–H and O–H groups in total. The molecule has 0 spiro atoms. The Bertz CT molecular complexity index is 873. The van der Waals surface area contributed by atoms with Gasteiger partial charge in [-0.25, -0.2) is 0 Å². The minimum absolute atomic E-state index is 0.0389. The van der Waals surface area contributed by atoms with Crippen molar-refractivity contribution >= 4 is 29.3 Å². The molecule has 0 aliphatic heterocycles. The smallest absolute Gasteiger partial charge is 0.233 e. The summed E-state index contributed by atoms with van der Waals surface area (Å²) >= 11 is 1.42. The van der Waals surface area contributed by atoms with E-state index in [1.165, 1.54) is 18.7 Å². The highest BCUT2D eigenvalue weighted by molar-refractivity contribution is 8.00. The molecule has 2 aliphatic rings. The molecule has 7 nitrogen and oxygen atoms in total. The third-order valence-corrected chi connectivity index (χ3v) is 5.64. The Morgan fingerprint density at radius 1 is 1.22 bits per heavy atom. The number of benzene rings is 1. The molecule has 2 amide bonds. The summed E-state index contributed by atoms with van der Waals surface area (Å²) in [7, 11) is 0. The normalized spacial score (nSPS) is 17.4. The summed E-state index contributed by atoms with van der Waals surface area (Å²) < 4.78 is 2.02. The van der Waals surface area contributed by atoms with Gasteiger partial charge < -0.3 is 10.6 Å². The molecular weight excluding hydrogens is 362 g/mol. The average Bonchev–Trinajstić information content (AvgIpc) is 3.54. The molecule has 0 saturated heterocycles. The molecule has 2 saturated carbocycles. The molecule has 4 rings (SSSR count). The predicted molar refractivity (Wildman–Crippen MR) is 104 cm³/mol. The van der Waals surface area contributed by atoms with Crippen LogP contribution in [0, 0.1) is 0 Å². The molecule has 1 unspecified atom stereocenters. The molecule has 1 aromatic heterocycles. The van der Waals surface area contributed by atoms with E-state index in [0.29, 0.717) is 17.1 Å². The minimum atomic E-state index is -0.251. The van der Waals surface area contributed by atoms with E-state index in [4.69, 9.17) is 0 Å². The van der Waals surface area contributed by atoms with Crippen LogP contribution in [-0.4, -0.2) is 37.9 Å². The molecule has 2 fully saturated rings. The summed E-state index contributed by atoms with van der Waals surface area (Å²) in [6.07, 6.45) is 4.35. The number of hydrogen-bond acceptors (Lipinski definition) is 5. The van der Waals surface area contributed by atoms with Crippen LogP contribution in [0.4, 0.5) is 5.69 Å². The van der Waals surface area contributed by atoms with E-state index in [1.807, 2.05) is 35.8 Å². The van der Waals surface area contributed by atoms with E-state index in [9.17, 15) is 9.59 Å². The summed E-state index contributed by atoms with van der Waals surface area (Å²) in [5, 5.41) is 15.1. The summed E-state index contributed by atoms with van der Waals surface area (Å²) in [6.45, 7) is 3.38. The van der Waals surface area contributed by atoms with Crippen molar-refractivity contribution < 1.29 is 9.59 Å². The second-order valence-corrected chi connectivity index (χ2v) is 8.53. The van der Waals surface area contributed by atoms with Gasteiger partial charge in [-0.05, 0) is 50.8 Å². The Balaban J connectivity index is 1.61. The number of anilines is 1. The minimum Gasteiger partial charge on any atom is -0.352 e. The van der Waals surface area contributed by atoms with Crippen LogP contribution < -0.4 is 10.6 Å². The number of rotatable bonds is 7. The molecule has 0 bridgehead atoms. The van der Waals surface area contributed by atoms with Crippen LogP contribution in [0.25, 0.3) is 5.69 Å². The van der Waals surface area contributed by atoms with Gasteiger partial charge in [0.1, 0.15) is 5.82 Å². The molecule has 142 valence electrons. The highest BCUT2D eigenvalue weighted by Gasteiger charge is 2.32. The third-order valence-electron chi connectivity index (χ3n) is 4.60. The zero-order valence-corrected chi connectivity index (χ0v) is 16.3. The van der Waals surface area contributed by atoms with Gasteiger partial charge in [-0.1, -0.05) is 17.8 Å². The fourth-order valence-corrected chi connectivity index (χ4v) is 3.77. The number of hydrogen-bond donors (Lipinski definition) is 2. The van der Waals surface area contributed by atoms with E-state index >= 15 is 0 Å². The Labute approximate surface area is 162 Å². The van der Waals surface area contributed by atoms with Crippen LogP contribution in [0.1, 0.15) is 51.3 Å². The summed E-state index contributed by atoms with van der Waals surface area (Å²) in [4.78, 5) is 23.7. The van der Waals surface area contributed by atoms with Crippen molar-refractivity contribution in [2.24, 2.45) is 0 Å². The van der Waals surface area contributed by atoms with Crippen molar-refractivity contribution in [2.75, 3.05) is 5.32 Å². The highest BCUT2D eigenvalue weighted by Crippen LogP contribution is 2.41. The van der Waals surface area contributed by atoms with Crippen LogP contribution in [-0.2, 0) is 9.59 Å². The van der Waals surface area contributed by atoms with Crippen molar-refractivity contribution in [3.63, 3.8) is 0 Å². The zero-order valence-electron chi connectivity index (χ0n) is 15.4. The van der Waals surface area contributed by atoms with E-state index in [1.54, 1.807) is 0 Å². The molecule has 27 heavy (non-hydrogen) atoms. The first kappa shape index (κ1) is 18.0. The number of aromatic nitrogens is 3. The first-order chi connectivity index (χ1) is 13.0. The molecule has 2 aromatic rings. The van der Waals surface area contributed by atoms with Gasteiger partial charge in [-0.2, -0.15) is 0 Å². The second-order valence-electron chi connectivity index (χ2n) is 7.22. The average molecular weight is 385 g/mol. The fraction of sp³-hybridized carbons (Fsp3) is 0.474. The fourth-order valence-electron chi connectivity index (χ4n) is 2.89. The SMILES string of the molecule is CC(=O)Nc1cccc(-n2c(SC(C)C(=O)NC3CC3)nnc2C2CC2)c1. The van der Waals surface area contributed by atoms with Gasteiger partial charge in [-0.15, -0.1) is 10.2 Å². The van der Waals surface area contributed by atoms with Crippen molar-refractivity contribution in [1.29, 1.82) is 0 Å². The molecule has 1 aromatic carbocycles. The quantitative estimate of drug-likeness (QED) is 0.716. The first-order valence-electron chi connectivity index (χ1n) is 9.31. The number of nitrogens with zero attached hydrogens (tertiary/aromatic N) is 3. The lowest BCUT2D eigenvalue weighted by Crippen LogP contribution is -2.32. The lowest BCUT2D eigenvalue weighted by Gasteiger charge is -2.14. The van der Waals surface area contributed by atoms with Crippen molar-refractivity contribution in [3.05, 3.63) is 30.1 Å². The maximum Gasteiger partial charge on any atom is 0.233 e. The standard InChI is InChI=1S/C19H23N5O2S/c1-11(18(26)21-14-8-9-14)27-19-23-22-17(13-6-7-13)24(19)16-5-3-4-15(10-16)20-12(2)25/h3-5,10-11,13-14H,6-9H2,1-2H3,(H,20,25)(H,21,26). The summed E-state index contributed by atoms with van der Waals surface area (Å²) in [5.74, 6) is 1.26. The summed E-state index contributed by atoms with van der Waals surface area (Å²) in [5.41, 5.74) is 1.62. The Morgan fingerprint density at radius 3 is 2.67 bits per heavy atom. The van der Waals surface area contributed by atoms with Gasteiger partial charge in [0, 0.05) is 24.6 Å². The molecule has 1 heterocycles. The van der Waals surface area contributed by atoms with Gasteiger partial charge in [0.15, 0.2) is 5.16 Å². The van der Waals surface area contributed by atoms with Gasteiger partial charge in [-0.3, -0.25) is 14.2 Å². The largest absolute Gasteiger partial charge is 0.352 e. The molecule has 0 radical (unpaired) electrons. The lowest BCUT2D eigenvalue weighted by molar-refractivity contribution is -0.120. The van der Waals surface area contributed by atoms with Crippen LogP contribution in [0.5, 0.6) is 0 Å². The maximum atomic E-state index is 12.3. The van der Waals surface area contributed by atoms with Gasteiger partial charge >= 0.3 is 0 Å². The Kier molecular flexibility index (Phi) is 4.90. The number of amides is 2. The van der Waals surface area contributed by atoms with E-state index in [-0.39, 0.29) is 17.1 Å². The van der Waals surface area contributed by atoms with E-state index in [0.717, 1.165) is 42.9 Å². The first-order valence-corrected chi connectivity index (χ1v) is 10.2. The maximum absolute atomic E-state index is 12.3. The van der Waals surface area contributed by atoms with E-state index in [2.05, 4.69) is 20.8 Å². The van der Waals surface area contributed by atoms with E-state index < -0.39 is 0 Å². The molecular formula is C19H23N5O2S. The van der Waals surface area contributed by atoms with Crippen molar-refractivity contribution in [1.82, 2.24) is 20.1 Å². The van der Waals surface area contributed by atoms with Gasteiger partial charge in [0.2, 0.25) is 11.8 Å². The zero-order chi connectivity index (χ0) is 19.0. The van der Waals surface area contributed by atoms with Crippen LogP contribution in [0.2, 0.25) is 0 Å². The Morgan fingerprint density at radius 2 is 2.00 bits per heavy atom. The van der Waals surface area contributed by atoms with Gasteiger partial charge in [0.05, 0.1) is 10.9 Å². The Hall–Kier alpha value is -2.35. The highest BCUT2D eigenvalue weighted by atomic mass is 32.2. The topological polar surface area (TPSA) is 88.9 Å². The molecule has 8 heteroatoms. The number of nitrogens with one attached hydrogen (secondary N) is 2. The second kappa shape index (κ2) is 7.34. The lowest BCUT2D eigenvalue weighted by atomic mass is 10.2. The summed E-state index contributed by atoms with van der Waals surface area (Å²) in [6, 6.07) is 7.98. The van der Waals surface area contributed by atoms with Crippen LogP contribution in [0.15, 0.2) is 29.4 Å². The monoisotopic (exact) mass is 385 g/mol. The number of thioether (sulfide) groups is 1. The predicted octanol–water partition coefficient (Wildman–Crippen LogP) is 2.86. The molecule has 1 atom stereocenters. The van der Waals surface area contributed by atoms with Crippen molar-refractivity contribution in [3.8, 4) is 5.69 Å². The van der Waals surface area contributed by atoms with Crippen LogP contribution in [0.3, 0.4) is 0 Å². The van der Waals surface area contributed by atoms with Crippen LogP contribution >= 0.6 is 11.8 Å². The van der Waals surface area contributed by atoms with Gasteiger partial charge in [0.25, 0.3) is 0 Å².